The summed E-state index contributed by atoms with van der Waals surface area (Å²) >= 11 is 0. The molecule has 0 aliphatic heterocycles. The van der Waals surface area contributed by atoms with Crippen LogP contribution in [0, 0.1) is 13.8 Å². The third-order valence-corrected chi connectivity index (χ3v) is 2.29. The summed E-state index contributed by atoms with van der Waals surface area (Å²) in [6, 6.07) is 0. The van der Waals surface area contributed by atoms with Gasteiger partial charge >= 0.3 is 0 Å². The average molecular weight is 221 g/mol. The summed E-state index contributed by atoms with van der Waals surface area (Å²) in [5, 5.41) is 0. The van der Waals surface area contributed by atoms with Crippen LogP contribution in [-0.4, -0.2) is 35.1 Å². The number of fused-ring (bicyclic) bond motifs is 1. The fourth-order valence-electron chi connectivity index (χ4n) is 1.58. The first-order valence-corrected chi connectivity index (χ1v) is 5.15. The Labute approximate surface area is 93.5 Å². The molecule has 0 unspecified atom stereocenters. The second-order valence-corrected chi connectivity index (χ2v) is 3.69. The van der Waals surface area contributed by atoms with Crippen molar-refractivity contribution < 1.29 is 4.42 Å². The highest BCUT2D eigenvalue weighted by Gasteiger charge is 2.14. The van der Waals surface area contributed by atoms with Crippen LogP contribution in [0.15, 0.2) is 4.42 Å². The Bertz CT molecular complexity index is 507. The summed E-state index contributed by atoms with van der Waals surface area (Å²) in [5.41, 5.74) is 6.75. The Hall–Kier alpha value is -1.69. The van der Waals surface area contributed by atoms with E-state index in [-0.39, 0.29) is 0 Å². The zero-order chi connectivity index (χ0) is 11.7. The van der Waals surface area contributed by atoms with E-state index < -0.39 is 0 Å². The number of nitrogens with two attached hydrogens (primary N) is 1. The van der Waals surface area contributed by atoms with Crippen molar-refractivity contribution in [1.82, 2.24) is 15.0 Å². The predicted molar refractivity (Wildman–Crippen MR) is 61.4 cm³/mol. The van der Waals surface area contributed by atoms with E-state index in [4.69, 9.17) is 10.2 Å². The Morgan fingerprint density at radius 1 is 1.25 bits per heavy atom. The van der Waals surface area contributed by atoms with E-state index in [1.807, 2.05) is 18.9 Å². The van der Waals surface area contributed by atoms with Crippen LogP contribution < -0.4 is 10.6 Å². The van der Waals surface area contributed by atoms with Crippen molar-refractivity contribution in [3.8, 4) is 0 Å². The third-order valence-electron chi connectivity index (χ3n) is 2.29. The summed E-state index contributed by atoms with van der Waals surface area (Å²) in [6.45, 7) is 4.91. The normalized spacial score (nSPS) is 11.0. The van der Waals surface area contributed by atoms with Crippen LogP contribution in [0.2, 0.25) is 0 Å². The first kappa shape index (κ1) is 10.8. The fraction of sp³-hybridized carbons (Fsp3) is 0.500. The molecule has 2 N–H and O–H groups in total. The second kappa shape index (κ2) is 4.05. The van der Waals surface area contributed by atoms with Gasteiger partial charge in [-0.25, -0.2) is 9.97 Å². The minimum absolute atomic E-state index is 0.531. The van der Waals surface area contributed by atoms with Gasteiger partial charge in [0.1, 0.15) is 5.82 Å². The summed E-state index contributed by atoms with van der Waals surface area (Å²) in [7, 11) is 1.93. The lowest BCUT2D eigenvalue weighted by Crippen LogP contribution is -2.26. The van der Waals surface area contributed by atoms with Gasteiger partial charge in [0.25, 0.3) is 5.71 Å². The van der Waals surface area contributed by atoms with Gasteiger partial charge in [-0.3, -0.25) is 0 Å². The van der Waals surface area contributed by atoms with Gasteiger partial charge in [0.05, 0.1) is 0 Å². The third kappa shape index (κ3) is 1.83. The molecule has 0 saturated carbocycles. The molecule has 86 valence electrons. The molecule has 0 fully saturated rings. The zero-order valence-electron chi connectivity index (χ0n) is 9.69. The van der Waals surface area contributed by atoms with Crippen molar-refractivity contribution in [3.63, 3.8) is 0 Å². The van der Waals surface area contributed by atoms with Gasteiger partial charge in [-0.15, -0.1) is 0 Å². The highest BCUT2D eigenvalue weighted by Crippen LogP contribution is 2.22. The minimum Gasteiger partial charge on any atom is -0.422 e. The maximum atomic E-state index is 5.53. The Morgan fingerprint density at radius 2 is 2.00 bits per heavy atom. The Kier molecular flexibility index (Phi) is 2.74. The zero-order valence-corrected chi connectivity index (χ0v) is 9.69. The number of anilines is 1. The lowest BCUT2D eigenvalue weighted by Gasteiger charge is -2.16. The van der Waals surface area contributed by atoms with E-state index in [1.165, 1.54) is 0 Å². The number of oxazole rings is 1. The van der Waals surface area contributed by atoms with E-state index in [0.29, 0.717) is 29.5 Å². The molecule has 16 heavy (non-hydrogen) atoms. The lowest BCUT2D eigenvalue weighted by atomic mass is 10.4. The Morgan fingerprint density at radius 3 is 2.69 bits per heavy atom. The number of hydrogen-bond donors (Lipinski definition) is 1. The minimum atomic E-state index is 0.531. The summed E-state index contributed by atoms with van der Waals surface area (Å²) in [4.78, 5) is 14.8. The molecule has 0 radical (unpaired) electrons. The molecule has 6 nitrogen and oxygen atoms in total. The van der Waals surface area contributed by atoms with Crippen molar-refractivity contribution >= 4 is 17.0 Å². The SMILES string of the molecule is Cc1nc(N(C)CCN)c2nc(C)oc2n1. The maximum absolute atomic E-state index is 5.53. The van der Waals surface area contributed by atoms with E-state index in [9.17, 15) is 0 Å². The van der Waals surface area contributed by atoms with E-state index in [1.54, 1.807) is 6.92 Å². The molecule has 0 spiro atoms. The molecule has 0 amide bonds. The first-order chi connectivity index (χ1) is 7.61. The van der Waals surface area contributed by atoms with Crippen LogP contribution in [0.1, 0.15) is 11.7 Å². The van der Waals surface area contributed by atoms with Crippen molar-refractivity contribution in [1.29, 1.82) is 0 Å². The summed E-state index contributed by atoms with van der Waals surface area (Å²) in [5.74, 6) is 2.03. The van der Waals surface area contributed by atoms with Gasteiger partial charge < -0.3 is 15.1 Å². The number of nitrogens with zero attached hydrogens (tertiary/aromatic N) is 4. The van der Waals surface area contributed by atoms with E-state index in [2.05, 4.69) is 15.0 Å². The second-order valence-electron chi connectivity index (χ2n) is 3.69. The van der Waals surface area contributed by atoms with Crippen LogP contribution in [-0.2, 0) is 0 Å². The number of hydrogen-bond acceptors (Lipinski definition) is 6. The quantitative estimate of drug-likeness (QED) is 0.818. The molecule has 0 atom stereocenters. The van der Waals surface area contributed by atoms with E-state index >= 15 is 0 Å². The molecule has 0 saturated heterocycles. The Balaban J connectivity index is 2.57. The highest BCUT2D eigenvalue weighted by molar-refractivity contribution is 5.81. The van der Waals surface area contributed by atoms with Crippen molar-refractivity contribution in [2.75, 3.05) is 25.0 Å². The molecule has 0 aliphatic carbocycles. The fourth-order valence-corrected chi connectivity index (χ4v) is 1.58. The van der Waals surface area contributed by atoms with Gasteiger partial charge in [-0.2, -0.15) is 4.98 Å². The monoisotopic (exact) mass is 221 g/mol. The molecule has 0 bridgehead atoms. The average Bonchev–Trinajstić information content (AvgIpc) is 2.57. The van der Waals surface area contributed by atoms with Gasteiger partial charge in [0.2, 0.25) is 0 Å². The molecule has 0 aromatic carbocycles. The van der Waals surface area contributed by atoms with Gasteiger partial charge in [0, 0.05) is 27.1 Å². The molecule has 2 heterocycles. The van der Waals surface area contributed by atoms with Crippen LogP contribution in [0.5, 0.6) is 0 Å². The number of rotatable bonds is 3. The molecule has 2 aromatic rings. The highest BCUT2D eigenvalue weighted by atomic mass is 16.4. The number of aryl methyl sites for hydroxylation is 2. The van der Waals surface area contributed by atoms with Crippen LogP contribution in [0.4, 0.5) is 5.82 Å². The first-order valence-electron chi connectivity index (χ1n) is 5.15. The molecule has 2 aromatic heterocycles. The molecule has 0 aliphatic rings. The van der Waals surface area contributed by atoms with Crippen molar-refractivity contribution in [2.45, 2.75) is 13.8 Å². The summed E-state index contributed by atoms with van der Waals surface area (Å²) in [6.07, 6.45) is 0. The molecular weight excluding hydrogens is 206 g/mol. The predicted octanol–water partition coefficient (Wildman–Crippen LogP) is 0.630. The number of aromatic nitrogens is 3. The molecule has 6 heteroatoms. The van der Waals surface area contributed by atoms with Crippen LogP contribution in [0.25, 0.3) is 11.2 Å². The van der Waals surface area contributed by atoms with Crippen LogP contribution in [0.3, 0.4) is 0 Å². The van der Waals surface area contributed by atoms with Gasteiger partial charge in [-0.05, 0) is 6.92 Å². The van der Waals surface area contributed by atoms with E-state index in [0.717, 1.165) is 12.4 Å². The van der Waals surface area contributed by atoms with Gasteiger partial charge in [-0.1, -0.05) is 0 Å². The maximum Gasteiger partial charge on any atom is 0.252 e. The van der Waals surface area contributed by atoms with Crippen molar-refractivity contribution in [2.24, 2.45) is 5.73 Å². The largest absolute Gasteiger partial charge is 0.422 e. The van der Waals surface area contributed by atoms with Crippen LogP contribution >= 0.6 is 0 Å². The summed E-state index contributed by atoms with van der Waals surface area (Å²) < 4.78 is 5.40. The standard InChI is InChI=1S/C10H15N5O/c1-6-12-9(15(3)5-4-11)8-10(13-6)16-7(2)14-8/h4-5,11H2,1-3H3. The lowest BCUT2D eigenvalue weighted by molar-refractivity contribution is 0.550. The smallest absolute Gasteiger partial charge is 0.252 e. The molecule has 2 rings (SSSR count). The number of likely N-dealkylation sites (N-methyl/N-ethyl adjacent to an activating group) is 1. The van der Waals surface area contributed by atoms with Crippen molar-refractivity contribution in [3.05, 3.63) is 11.7 Å². The topological polar surface area (TPSA) is 81.1 Å². The molecular formula is C10H15N5O. The van der Waals surface area contributed by atoms with Gasteiger partial charge in [0.15, 0.2) is 17.2 Å².